The van der Waals surface area contributed by atoms with Crippen LogP contribution in [0.15, 0.2) is 42.7 Å². The van der Waals surface area contributed by atoms with E-state index in [0.717, 1.165) is 18.1 Å². The molecule has 0 spiro atoms. The van der Waals surface area contributed by atoms with Crippen molar-refractivity contribution >= 4 is 17.6 Å². The highest BCUT2D eigenvalue weighted by Gasteiger charge is 2.21. The van der Waals surface area contributed by atoms with E-state index < -0.39 is 5.97 Å². The van der Waals surface area contributed by atoms with Crippen molar-refractivity contribution in [2.24, 2.45) is 0 Å². The number of hydrogen-bond donors (Lipinski definition) is 3. The summed E-state index contributed by atoms with van der Waals surface area (Å²) in [6.07, 6.45) is 5.32. The summed E-state index contributed by atoms with van der Waals surface area (Å²) in [5.41, 5.74) is 1.17. The molecule has 0 bridgehead atoms. The van der Waals surface area contributed by atoms with Crippen molar-refractivity contribution in [3.63, 3.8) is 0 Å². The Morgan fingerprint density at radius 2 is 1.96 bits per heavy atom. The van der Waals surface area contributed by atoms with Crippen molar-refractivity contribution in [1.29, 1.82) is 0 Å². The van der Waals surface area contributed by atoms with Crippen LogP contribution in [0.1, 0.15) is 31.2 Å². The summed E-state index contributed by atoms with van der Waals surface area (Å²) in [5.74, 6) is 0.750. The Hall–Kier alpha value is -2.63. The maximum absolute atomic E-state index is 10.9. The minimum atomic E-state index is -0.784. The van der Waals surface area contributed by atoms with Crippen LogP contribution in [0.5, 0.6) is 0 Å². The van der Waals surface area contributed by atoms with E-state index in [1.54, 1.807) is 0 Å². The molecule has 6 heteroatoms. The molecule has 0 saturated heterocycles. The molecule has 1 atom stereocenters. The van der Waals surface area contributed by atoms with E-state index in [4.69, 9.17) is 5.11 Å². The number of nitrogens with zero attached hydrogens (tertiary/aromatic N) is 2. The maximum Gasteiger partial charge on any atom is 0.303 e. The number of carboxylic acid groups (broad SMARTS) is 1. The summed E-state index contributed by atoms with van der Waals surface area (Å²) >= 11 is 0. The van der Waals surface area contributed by atoms with E-state index >= 15 is 0 Å². The molecule has 0 amide bonds. The second-order valence-corrected chi connectivity index (χ2v) is 6.17. The molecule has 1 aromatic carbocycles. The van der Waals surface area contributed by atoms with Crippen molar-refractivity contribution in [3.8, 4) is 0 Å². The van der Waals surface area contributed by atoms with Crippen LogP contribution in [-0.4, -0.2) is 33.1 Å². The van der Waals surface area contributed by atoms with Crippen LogP contribution in [0.2, 0.25) is 0 Å². The van der Waals surface area contributed by atoms with Crippen LogP contribution in [0.4, 0.5) is 11.6 Å². The quantitative estimate of drug-likeness (QED) is 0.657. The number of nitrogens with one attached hydrogen (secondary N) is 2. The van der Waals surface area contributed by atoms with Gasteiger partial charge in [0.2, 0.25) is 0 Å². The molecule has 1 aliphatic rings. The predicted molar refractivity (Wildman–Crippen MR) is 93.1 cm³/mol. The highest BCUT2D eigenvalue weighted by molar-refractivity contribution is 5.66. The van der Waals surface area contributed by atoms with Crippen LogP contribution >= 0.6 is 0 Å². The Morgan fingerprint density at radius 1 is 1.21 bits per heavy atom. The van der Waals surface area contributed by atoms with Gasteiger partial charge in [0, 0.05) is 24.6 Å². The second kappa shape index (κ2) is 7.77. The third-order valence-electron chi connectivity index (χ3n) is 3.98. The number of aromatic nitrogens is 2. The largest absolute Gasteiger partial charge is 0.481 e. The topological polar surface area (TPSA) is 87.1 Å². The van der Waals surface area contributed by atoms with Gasteiger partial charge in [0.1, 0.15) is 18.0 Å². The monoisotopic (exact) mass is 326 g/mol. The summed E-state index contributed by atoms with van der Waals surface area (Å²) in [7, 11) is 0. The fourth-order valence-corrected chi connectivity index (χ4v) is 2.58. The first-order valence-electron chi connectivity index (χ1n) is 8.30. The summed E-state index contributed by atoms with van der Waals surface area (Å²) in [6, 6.07) is 12.5. The standard InChI is InChI=1S/C18H22N4O2/c23-18(24)9-8-15(10-13-4-2-1-3-5-13)22-17-11-16(19-12-20-17)21-14-6-7-14/h1-5,11-12,14-15H,6-10H2,(H,23,24)(H2,19,20,21,22). The van der Waals surface area contributed by atoms with Crippen molar-refractivity contribution in [3.05, 3.63) is 48.3 Å². The summed E-state index contributed by atoms with van der Waals surface area (Å²) < 4.78 is 0. The summed E-state index contributed by atoms with van der Waals surface area (Å²) in [4.78, 5) is 19.4. The van der Waals surface area contributed by atoms with Crippen LogP contribution in [-0.2, 0) is 11.2 Å². The lowest BCUT2D eigenvalue weighted by atomic mass is 10.0. The van der Waals surface area contributed by atoms with Crippen LogP contribution < -0.4 is 10.6 Å². The average molecular weight is 326 g/mol. The van der Waals surface area contributed by atoms with Crippen LogP contribution in [0.25, 0.3) is 0 Å². The SMILES string of the molecule is O=C(O)CCC(Cc1ccccc1)Nc1cc(NC2CC2)ncn1. The van der Waals surface area contributed by atoms with Gasteiger partial charge in [-0.1, -0.05) is 30.3 Å². The molecule has 0 radical (unpaired) electrons. The molecule has 24 heavy (non-hydrogen) atoms. The average Bonchev–Trinajstić information content (AvgIpc) is 3.38. The molecular weight excluding hydrogens is 304 g/mol. The zero-order valence-electron chi connectivity index (χ0n) is 13.5. The van der Waals surface area contributed by atoms with Gasteiger partial charge in [-0.25, -0.2) is 9.97 Å². The van der Waals surface area contributed by atoms with Crippen molar-refractivity contribution in [1.82, 2.24) is 9.97 Å². The highest BCUT2D eigenvalue weighted by atomic mass is 16.4. The van der Waals surface area contributed by atoms with Crippen molar-refractivity contribution in [2.45, 2.75) is 44.2 Å². The third kappa shape index (κ3) is 5.22. The lowest BCUT2D eigenvalue weighted by molar-refractivity contribution is -0.137. The zero-order chi connectivity index (χ0) is 16.8. The van der Waals surface area contributed by atoms with Gasteiger partial charge < -0.3 is 15.7 Å². The molecule has 3 rings (SSSR count). The predicted octanol–water partition coefficient (Wildman–Crippen LogP) is 2.94. The molecule has 1 saturated carbocycles. The van der Waals surface area contributed by atoms with E-state index in [1.807, 2.05) is 24.3 Å². The Morgan fingerprint density at radius 3 is 2.67 bits per heavy atom. The van der Waals surface area contributed by atoms with Crippen molar-refractivity contribution < 1.29 is 9.90 Å². The molecule has 2 aromatic rings. The first-order chi connectivity index (χ1) is 11.7. The van der Waals surface area contributed by atoms with Crippen LogP contribution in [0.3, 0.4) is 0 Å². The Balaban J connectivity index is 1.66. The number of carboxylic acids is 1. The van der Waals surface area contributed by atoms with Gasteiger partial charge >= 0.3 is 5.97 Å². The highest BCUT2D eigenvalue weighted by Crippen LogP contribution is 2.24. The van der Waals surface area contributed by atoms with E-state index in [0.29, 0.717) is 12.5 Å². The molecule has 1 fully saturated rings. The molecule has 6 nitrogen and oxygen atoms in total. The fraction of sp³-hybridized carbons (Fsp3) is 0.389. The maximum atomic E-state index is 10.9. The lowest BCUT2D eigenvalue weighted by Gasteiger charge is -2.19. The Labute approximate surface area is 141 Å². The molecule has 1 aliphatic carbocycles. The van der Waals surface area contributed by atoms with Gasteiger partial charge in [-0.15, -0.1) is 0 Å². The van der Waals surface area contributed by atoms with E-state index in [9.17, 15) is 4.79 Å². The van der Waals surface area contributed by atoms with E-state index in [-0.39, 0.29) is 12.5 Å². The van der Waals surface area contributed by atoms with E-state index in [1.165, 1.54) is 24.7 Å². The smallest absolute Gasteiger partial charge is 0.303 e. The molecule has 3 N–H and O–H groups in total. The molecule has 1 unspecified atom stereocenters. The van der Waals surface area contributed by atoms with Gasteiger partial charge in [0.05, 0.1) is 0 Å². The van der Waals surface area contributed by atoms with E-state index in [2.05, 4.69) is 32.7 Å². The summed E-state index contributed by atoms with van der Waals surface area (Å²) in [6.45, 7) is 0. The van der Waals surface area contributed by atoms with Crippen molar-refractivity contribution in [2.75, 3.05) is 10.6 Å². The van der Waals surface area contributed by atoms with Gasteiger partial charge in [0.15, 0.2) is 0 Å². The fourth-order valence-electron chi connectivity index (χ4n) is 2.58. The Bertz CT molecular complexity index is 674. The number of anilines is 2. The van der Waals surface area contributed by atoms with Crippen LogP contribution in [0, 0.1) is 0 Å². The first-order valence-corrected chi connectivity index (χ1v) is 8.30. The third-order valence-corrected chi connectivity index (χ3v) is 3.98. The zero-order valence-corrected chi connectivity index (χ0v) is 13.5. The van der Waals surface area contributed by atoms with Gasteiger partial charge in [-0.05, 0) is 31.2 Å². The number of benzene rings is 1. The molecular formula is C18H22N4O2. The van der Waals surface area contributed by atoms with Gasteiger partial charge in [-0.2, -0.15) is 0 Å². The second-order valence-electron chi connectivity index (χ2n) is 6.17. The normalized spacial score (nSPS) is 14.8. The lowest BCUT2D eigenvalue weighted by Crippen LogP contribution is -2.24. The number of carbonyl (C=O) groups is 1. The Kier molecular flexibility index (Phi) is 5.25. The molecule has 0 aliphatic heterocycles. The molecule has 1 aromatic heterocycles. The number of aliphatic carboxylic acids is 1. The summed E-state index contributed by atoms with van der Waals surface area (Å²) in [5, 5.41) is 15.7. The number of rotatable bonds is 9. The first kappa shape index (κ1) is 16.2. The minimum absolute atomic E-state index is 0.00664. The van der Waals surface area contributed by atoms with Gasteiger partial charge in [-0.3, -0.25) is 4.79 Å². The number of hydrogen-bond acceptors (Lipinski definition) is 5. The minimum Gasteiger partial charge on any atom is -0.481 e. The molecule has 126 valence electrons. The van der Waals surface area contributed by atoms with Gasteiger partial charge in [0.25, 0.3) is 0 Å². The molecule has 1 heterocycles.